The lowest BCUT2D eigenvalue weighted by Crippen LogP contribution is -2.38. The highest BCUT2D eigenvalue weighted by atomic mass is 16.5. The van der Waals surface area contributed by atoms with Crippen LogP contribution in [0.2, 0.25) is 0 Å². The molecule has 0 aromatic carbocycles. The first-order valence-electron chi connectivity index (χ1n) is 12.6. The average Bonchev–Trinajstić information content (AvgIpc) is 3.49. The standard InChI is InChI=1S/C24H31N9O3/c25-10-16-9-17(16)13-36-24-31-21(22(34)29-18-3-1-2-4-18)30-23(32-24)33-7-5-15(6-8-33)12-35-19-11-27-14-28-20(19)26/h11,14-18H,1-9,12-13H2,(H,29,34)(H2,26,27,28)/t16-,17+/m1/s1. The number of carbonyl (C=O) groups is 1. The molecule has 1 amide bonds. The molecule has 0 unspecified atom stereocenters. The van der Waals surface area contributed by atoms with Crippen molar-refractivity contribution in [1.82, 2.24) is 30.2 Å². The van der Waals surface area contributed by atoms with Crippen LogP contribution in [0.5, 0.6) is 11.8 Å². The number of rotatable bonds is 9. The Labute approximate surface area is 209 Å². The molecule has 5 rings (SSSR count). The highest BCUT2D eigenvalue weighted by molar-refractivity contribution is 5.91. The molecule has 3 heterocycles. The van der Waals surface area contributed by atoms with Crippen LogP contribution in [0.25, 0.3) is 0 Å². The molecule has 12 nitrogen and oxygen atoms in total. The number of hydrogen-bond donors (Lipinski definition) is 2. The Balaban J connectivity index is 1.23. The topological polar surface area (TPSA) is 165 Å². The van der Waals surface area contributed by atoms with Gasteiger partial charge < -0.3 is 25.4 Å². The summed E-state index contributed by atoms with van der Waals surface area (Å²) in [7, 11) is 0. The molecule has 2 aliphatic carbocycles. The lowest BCUT2D eigenvalue weighted by Gasteiger charge is -2.32. The molecule has 0 bridgehead atoms. The number of nitrogens with one attached hydrogen (secondary N) is 1. The fourth-order valence-corrected chi connectivity index (χ4v) is 4.69. The summed E-state index contributed by atoms with van der Waals surface area (Å²) in [6.45, 7) is 2.30. The largest absolute Gasteiger partial charge is 0.488 e. The normalized spacial score (nSPS) is 22.1. The fraction of sp³-hybridized carbons (Fsp3) is 0.625. The number of amides is 1. The molecule has 1 saturated heterocycles. The molecular weight excluding hydrogens is 462 g/mol. The van der Waals surface area contributed by atoms with Gasteiger partial charge in [0.1, 0.15) is 6.33 Å². The Bertz CT molecular complexity index is 1110. The smallest absolute Gasteiger partial charge is 0.321 e. The summed E-state index contributed by atoms with van der Waals surface area (Å²) in [6, 6.07) is 2.54. The minimum atomic E-state index is -0.303. The predicted molar refractivity (Wildman–Crippen MR) is 129 cm³/mol. The zero-order valence-electron chi connectivity index (χ0n) is 20.2. The molecule has 190 valence electrons. The van der Waals surface area contributed by atoms with Crippen molar-refractivity contribution < 1.29 is 14.3 Å². The van der Waals surface area contributed by atoms with Gasteiger partial charge in [0, 0.05) is 25.0 Å². The van der Waals surface area contributed by atoms with Crippen LogP contribution >= 0.6 is 0 Å². The van der Waals surface area contributed by atoms with Gasteiger partial charge >= 0.3 is 6.01 Å². The summed E-state index contributed by atoms with van der Waals surface area (Å²) >= 11 is 0. The molecule has 3 fully saturated rings. The second kappa shape index (κ2) is 10.9. The summed E-state index contributed by atoms with van der Waals surface area (Å²) in [5.74, 6) is 1.57. The number of piperidine rings is 1. The SMILES string of the molecule is N#C[C@H]1C[C@H]1COc1nc(C(=O)NC2CCCC2)nc(N2CCC(COc3cncnc3N)CC2)n1. The van der Waals surface area contributed by atoms with Gasteiger partial charge in [-0.3, -0.25) is 4.79 Å². The molecule has 3 aliphatic rings. The predicted octanol–water partition coefficient (Wildman–Crippen LogP) is 1.75. The summed E-state index contributed by atoms with van der Waals surface area (Å²) in [6.07, 6.45) is 9.69. The van der Waals surface area contributed by atoms with E-state index in [9.17, 15) is 4.79 Å². The number of nitrogens with two attached hydrogens (primary N) is 1. The number of anilines is 2. The maximum atomic E-state index is 12.9. The average molecular weight is 494 g/mol. The van der Waals surface area contributed by atoms with Gasteiger partial charge in [0.05, 0.1) is 31.4 Å². The van der Waals surface area contributed by atoms with Gasteiger partial charge in [-0.2, -0.15) is 20.2 Å². The molecule has 3 N–H and O–H groups in total. The Morgan fingerprint density at radius 2 is 1.94 bits per heavy atom. The highest BCUT2D eigenvalue weighted by Gasteiger charge is 2.38. The zero-order valence-corrected chi connectivity index (χ0v) is 20.2. The summed E-state index contributed by atoms with van der Waals surface area (Å²) in [4.78, 5) is 36.2. The number of aromatic nitrogens is 5. The van der Waals surface area contributed by atoms with Crippen LogP contribution in [-0.4, -0.2) is 63.2 Å². The van der Waals surface area contributed by atoms with E-state index in [0.717, 1.165) is 44.9 Å². The number of nitrogens with zero attached hydrogens (tertiary/aromatic N) is 7. The van der Waals surface area contributed by atoms with Crippen molar-refractivity contribution in [2.24, 2.45) is 17.8 Å². The maximum Gasteiger partial charge on any atom is 0.321 e. The summed E-state index contributed by atoms with van der Waals surface area (Å²) in [5, 5.41) is 12.1. The summed E-state index contributed by atoms with van der Waals surface area (Å²) in [5.41, 5.74) is 5.83. The molecule has 0 spiro atoms. The van der Waals surface area contributed by atoms with Gasteiger partial charge in [-0.25, -0.2) is 9.97 Å². The number of nitriles is 1. The molecule has 0 radical (unpaired) electrons. The first-order valence-corrected chi connectivity index (χ1v) is 12.6. The maximum absolute atomic E-state index is 12.9. The van der Waals surface area contributed by atoms with E-state index in [0.29, 0.717) is 49.7 Å². The van der Waals surface area contributed by atoms with Crippen molar-refractivity contribution in [3.8, 4) is 17.8 Å². The molecule has 2 atom stereocenters. The number of carbonyl (C=O) groups excluding carboxylic acids is 1. The van der Waals surface area contributed by atoms with E-state index in [-0.39, 0.29) is 35.6 Å². The van der Waals surface area contributed by atoms with Crippen molar-refractivity contribution >= 4 is 17.7 Å². The van der Waals surface area contributed by atoms with Crippen LogP contribution in [0.3, 0.4) is 0 Å². The van der Waals surface area contributed by atoms with E-state index in [4.69, 9.17) is 20.5 Å². The third-order valence-electron chi connectivity index (χ3n) is 7.09. The fourth-order valence-electron chi connectivity index (χ4n) is 4.69. The first kappa shape index (κ1) is 24.0. The quantitative estimate of drug-likeness (QED) is 0.522. The second-order valence-electron chi connectivity index (χ2n) is 9.75. The van der Waals surface area contributed by atoms with Gasteiger partial charge in [-0.15, -0.1) is 0 Å². The molecule has 2 aromatic heterocycles. The van der Waals surface area contributed by atoms with Crippen LogP contribution in [-0.2, 0) is 0 Å². The zero-order chi connectivity index (χ0) is 24.9. The van der Waals surface area contributed by atoms with Gasteiger partial charge in [-0.1, -0.05) is 12.8 Å². The second-order valence-corrected chi connectivity index (χ2v) is 9.75. The Hall–Kier alpha value is -3.75. The molecule has 36 heavy (non-hydrogen) atoms. The Morgan fingerprint density at radius 3 is 2.67 bits per heavy atom. The van der Waals surface area contributed by atoms with E-state index in [2.05, 4.69) is 36.3 Å². The van der Waals surface area contributed by atoms with E-state index < -0.39 is 0 Å². The Kier molecular flexibility index (Phi) is 7.25. The van der Waals surface area contributed by atoms with Crippen LogP contribution in [0.15, 0.2) is 12.5 Å². The molecular formula is C24H31N9O3. The minimum Gasteiger partial charge on any atom is -0.488 e. The van der Waals surface area contributed by atoms with Crippen molar-refractivity contribution in [2.75, 3.05) is 36.9 Å². The lowest BCUT2D eigenvalue weighted by molar-refractivity contribution is 0.0925. The molecule has 2 aromatic rings. The van der Waals surface area contributed by atoms with E-state index >= 15 is 0 Å². The first-order chi connectivity index (χ1) is 17.6. The van der Waals surface area contributed by atoms with Gasteiger partial charge in [-0.05, 0) is 38.0 Å². The van der Waals surface area contributed by atoms with Gasteiger partial charge in [0.15, 0.2) is 11.6 Å². The minimum absolute atomic E-state index is 0.0236. The molecule has 1 aliphatic heterocycles. The number of nitrogen functional groups attached to an aromatic ring is 1. The van der Waals surface area contributed by atoms with Gasteiger partial charge in [0.25, 0.3) is 5.91 Å². The van der Waals surface area contributed by atoms with E-state index in [1.165, 1.54) is 6.33 Å². The van der Waals surface area contributed by atoms with E-state index in [1.807, 2.05) is 4.90 Å². The monoisotopic (exact) mass is 493 g/mol. The van der Waals surface area contributed by atoms with Crippen LogP contribution < -0.4 is 25.4 Å². The highest BCUT2D eigenvalue weighted by Crippen LogP contribution is 2.37. The van der Waals surface area contributed by atoms with Crippen LogP contribution in [0.1, 0.15) is 55.6 Å². The molecule has 12 heteroatoms. The molecule has 2 saturated carbocycles. The van der Waals surface area contributed by atoms with E-state index in [1.54, 1.807) is 6.20 Å². The van der Waals surface area contributed by atoms with Gasteiger partial charge in [0.2, 0.25) is 11.8 Å². The van der Waals surface area contributed by atoms with Crippen LogP contribution in [0, 0.1) is 29.1 Å². The number of hydrogen-bond acceptors (Lipinski definition) is 11. The number of ether oxygens (including phenoxy) is 2. The lowest BCUT2D eigenvalue weighted by atomic mass is 9.98. The van der Waals surface area contributed by atoms with Crippen molar-refractivity contribution in [3.05, 3.63) is 18.3 Å². The van der Waals surface area contributed by atoms with Crippen molar-refractivity contribution in [3.63, 3.8) is 0 Å². The third-order valence-corrected chi connectivity index (χ3v) is 7.09. The third kappa shape index (κ3) is 5.90. The van der Waals surface area contributed by atoms with Crippen molar-refractivity contribution in [2.45, 2.75) is 51.0 Å². The summed E-state index contributed by atoms with van der Waals surface area (Å²) < 4.78 is 11.6. The van der Waals surface area contributed by atoms with Crippen LogP contribution in [0.4, 0.5) is 11.8 Å². The Morgan fingerprint density at radius 1 is 1.14 bits per heavy atom. The van der Waals surface area contributed by atoms with Crippen molar-refractivity contribution in [1.29, 1.82) is 5.26 Å².